The van der Waals surface area contributed by atoms with E-state index in [4.69, 9.17) is 9.47 Å². The number of aromatic nitrogens is 1. The normalized spacial score (nSPS) is 17.9. The molecular formula is C20H16FN3O4S. The number of hydrogen-bond acceptors (Lipinski definition) is 6. The number of carbonyl (C=O) groups is 2. The monoisotopic (exact) mass is 413 g/mol. The van der Waals surface area contributed by atoms with E-state index in [1.165, 1.54) is 23.5 Å². The first kappa shape index (κ1) is 17.9. The molecule has 3 aromatic rings. The Kier molecular flexibility index (Phi) is 4.31. The summed E-state index contributed by atoms with van der Waals surface area (Å²) in [6.45, 7) is 0.483. The highest BCUT2D eigenvalue weighted by Gasteiger charge is 2.36. The van der Waals surface area contributed by atoms with E-state index in [2.05, 4.69) is 10.3 Å². The number of rotatable bonds is 4. The summed E-state index contributed by atoms with van der Waals surface area (Å²) in [5, 5.41) is 3.17. The van der Waals surface area contributed by atoms with E-state index in [0.717, 1.165) is 5.56 Å². The number of hydrogen-bond donors (Lipinski definition) is 1. The zero-order valence-electron chi connectivity index (χ0n) is 15.2. The minimum absolute atomic E-state index is 0.0748. The van der Waals surface area contributed by atoms with Gasteiger partial charge in [-0.15, -0.1) is 0 Å². The van der Waals surface area contributed by atoms with Crippen LogP contribution in [-0.4, -0.2) is 34.5 Å². The third kappa shape index (κ3) is 3.38. The number of amides is 2. The zero-order valence-corrected chi connectivity index (χ0v) is 16.0. The van der Waals surface area contributed by atoms with Gasteiger partial charge in [-0.05, 0) is 42.3 Å². The quantitative estimate of drug-likeness (QED) is 0.710. The first-order valence-corrected chi connectivity index (χ1v) is 9.93. The highest BCUT2D eigenvalue weighted by molar-refractivity contribution is 7.22. The summed E-state index contributed by atoms with van der Waals surface area (Å²) in [6, 6.07) is 9.18. The molecule has 1 fully saturated rings. The average Bonchev–Trinajstić information content (AvgIpc) is 3.40. The predicted octanol–water partition coefficient (Wildman–Crippen LogP) is 3.29. The van der Waals surface area contributed by atoms with E-state index in [1.54, 1.807) is 17.0 Å². The second-order valence-corrected chi connectivity index (χ2v) is 7.91. The van der Waals surface area contributed by atoms with Crippen molar-refractivity contribution >= 4 is 38.5 Å². The third-order valence-corrected chi connectivity index (χ3v) is 5.93. The Morgan fingerprint density at radius 3 is 3.00 bits per heavy atom. The Balaban J connectivity index is 1.33. The molecule has 0 bridgehead atoms. The van der Waals surface area contributed by atoms with Crippen molar-refractivity contribution in [2.45, 2.75) is 25.4 Å². The van der Waals surface area contributed by atoms with Crippen molar-refractivity contribution in [3.05, 3.63) is 47.8 Å². The van der Waals surface area contributed by atoms with Crippen molar-refractivity contribution in [1.29, 1.82) is 0 Å². The Morgan fingerprint density at radius 2 is 2.10 bits per heavy atom. The lowest BCUT2D eigenvalue weighted by Gasteiger charge is -2.23. The lowest BCUT2D eigenvalue weighted by molar-refractivity contribution is -0.133. The first-order valence-electron chi connectivity index (χ1n) is 9.12. The number of likely N-dealkylation sites (tertiary alicyclic amines) is 1. The number of thiazole rings is 1. The summed E-state index contributed by atoms with van der Waals surface area (Å²) in [5.74, 6) is 0.584. The van der Waals surface area contributed by atoms with Crippen molar-refractivity contribution < 1.29 is 23.5 Å². The second-order valence-electron chi connectivity index (χ2n) is 6.88. The van der Waals surface area contributed by atoms with Crippen molar-refractivity contribution in [3.63, 3.8) is 0 Å². The Bertz CT molecular complexity index is 1130. The van der Waals surface area contributed by atoms with Crippen LogP contribution in [-0.2, 0) is 16.1 Å². The Morgan fingerprint density at radius 1 is 1.24 bits per heavy atom. The molecule has 148 valence electrons. The number of benzene rings is 2. The molecule has 1 saturated heterocycles. The van der Waals surface area contributed by atoms with Crippen LogP contribution in [0.25, 0.3) is 10.2 Å². The second kappa shape index (κ2) is 7.00. The molecule has 0 saturated carbocycles. The van der Waals surface area contributed by atoms with Crippen LogP contribution in [0.15, 0.2) is 36.4 Å². The predicted molar refractivity (Wildman–Crippen MR) is 104 cm³/mol. The number of nitrogens with one attached hydrogen (secondary N) is 1. The highest BCUT2D eigenvalue weighted by Crippen LogP contribution is 2.34. The standard InChI is InChI=1S/C20H16FN3O4S/c21-12-2-3-13-17(8-12)29-20(22-13)23-19(26)14-4-6-18(25)24(14)9-11-1-5-15-16(7-11)28-10-27-15/h1-3,5,7-8,14H,4,6,9-10H2,(H,22,23,26). The summed E-state index contributed by atoms with van der Waals surface area (Å²) in [4.78, 5) is 31.1. The van der Waals surface area contributed by atoms with E-state index < -0.39 is 6.04 Å². The average molecular weight is 413 g/mol. The smallest absolute Gasteiger partial charge is 0.248 e. The van der Waals surface area contributed by atoms with Gasteiger partial charge in [0.2, 0.25) is 18.6 Å². The molecule has 3 heterocycles. The van der Waals surface area contributed by atoms with Gasteiger partial charge in [0.25, 0.3) is 0 Å². The number of anilines is 1. The van der Waals surface area contributed by atoms with Crippen LogP contribution in [0, 0.1) is 5.82 Å². The molecule has 5 rings (SSSR count). The van der Waals surface area contributed by atoms with E-state index >= 15 is 0 Å². The summed E-state index contributed by atoms with van der Waals surface area (Å²) in [6.07, 6.45) is 0.752. The molecule has 0 spiro atoms. The molecule has 0 aliphatic carbocycles. The van der Waals surface area contributed by atoms with Crippen LogP contribution in [0.2, 0.25) is 0 Å². The summed E-state index contributed by atoms with van der Waals surface area (Å²) in [7, 11) is 0. The molecule has 0 radical (unpaired) electrons. The zero-order chi connectivity index (χ0) is 20.0. The molecule has 29 heavy (non-hydrogen) atoms. The van der Waals surface area contributed by atoms with E-state index in [9.17, 15) is 14.0 Å². The summed E-state index contributed by atoms with van der Waals surface area (Å²) < 4.78 is 24.7. The molecule has 2 aliphatic rings. The van der Waals surface area contributed by atoms with Gasteiger partial charge in [0, 0.05) is 13.0 Å². The van der Waals surface area contributed by atoms with Gasteiger partial charge in [-0.3, -0.25) is 9.59 Å². The van der Waals surface area contributed by atoms with Crippen LogP contribution in [0.3, 0.4) is 0 Å². The maximum Gasteiger partial charge on any atom is 0.248 e. The molecule has 1 N–H and O–H groups in total. The fourth-order valence-corrected chi connectivity index (χ4v) is 4.47. The van der Waals surface area contributed by atoms with Crippen LogP contribution >= 0.6 is 11.3 Å². The number of ether oxygens (including phenoxy) is 2. The summed E-state index contributed by atoms with van der Waals surface area (Å²) >= 11 is 1.20. The van der Waals surface area contributed by atoms with Crippen molar-refractivity contribution in [1.82, 2.24) is 9.88 Å². The molecular weight excluding hydrogens is 397 g/mol. The largest absolute Gasteiger partial charge is 0.454 e. The molecule has 2 amide bonds. The van der Waals surface area contributed by atoms with E-state index in [0.29, 0.717) is 46.2 Å². The fraction of sp³-hybridized carbons (Fsp3) is 0.250. The van der Waals surface area contributed by atoms with Crippen molar-refractivity contribution in [2.75, 3.05) is 12.1 Å². The number of halogens is 1. The highest BCUT2D eigenvalue weighted by atomic mass is 32.1. The first-order chi connectivity index (χ1) is 14.1. The minimum Gasteiger partial charge on any atom is -0.454 e. The SMILES string of the molecule is O=C(Nc1nc2ccc(F)cc2s1)C1CCC(=O)N1Cc1ccc2c(c1)OCO2. The van der Waals surface area contributed by atoms with Crippen LogP contribution in [0.5, 0.6) is 11.5 Å². The van der Waals surface area contributed by atoms with Gasteiger partial charge in [0.15, 0.2) is 16.6 Å². The van der Waals surface area contributed by atoms with Gasteiger partial charge < -0.3 is 19.7 Å². The Labute approximate surface area is 169 Å². The Hall–Kier alpha value is -3.20. The topological polar surface area (TPSA) is 80.8 Å². The molecule has 1 atom stereocenters. The lowest BCUT2D eigenvalue weighted by Crippen LogP contribution is -2.41. The molecule has 9 heteroatoms. The fourth-order valence-electron chi connectivity index (χ4n) is 3.58. The van der Waals surface area contributed by atoms with Gasteiger partial charge in [-0.25, -0.2) is 9.37 Å². The number of nitrogens with zero attached hydrogens (tertiary/aromatic N) is 2. The summed E-state index contributed by atoms with van der Waals surface area (Å²) in [5.41, 5.74) is 1.48. The minimum atomic E-state index is -0.586. The van der Waals surface area contributed by atoms with E-state index in [-0.39, 0.29) is 24.4 Å². The van der Waals surface area contributed by atoms with Gasteiger partial charge in [-0.1, -0.05) is 17.4 Å². The van der Waals surface area contributed by atoms with Gasteiger partial charge >= 0.3 is 0 Å². The lowest BCUT2D eigenvalue weighted by atomic mass is 10.1. The number of fused-ring (bicyclic) bond motifs is 2. The van der Waals surface area contributed by atoms with Crippen LogP contribution in [0.4, 0.5) is 9.52 Å². The van der Waals surface area contributed by atoms with Crippen LogP contribution < -0.4 is 14.8 Å². The molecule has 7 nitrogen and oxygen atoms in total. The molecule has 1 unspecified atom stereocenters. The molecule has 2 aliphatic heterocycles. The van der Waals surface area contributed by atoms with Crippen molar-refractivity contribution in [2.24, 2.45) is 0 Å². The van der Waals surface area contributed by atoms with Gasteiger partial charge in [0.1, 0.15) is 11.9 Å². The van der Waals surface area contributed by atoms with Gasteiger partial charge in [0.05, 0.1) is 10.2 Å². The molecule has 1 aromatic heterocycles. The van der Waals surface area contributed by atoms with E-state index in [1.807, 2.05) is 12.1 Å². The maximum absolute atomic E-state index is 13.4. The van der Waals surface area contributed by atoms with Crippen LogP contribution in [0.1, 0.15) is 18.4 Å². The third-order valence-electron chi connectivity index (χ3n) is 5.00. The van der Waals surface area contributed by atoms with Gasteiger partial charge in [-0.2, -0.15) is 0 Å². The number of carbonyl (C=O) groups excluding carboxylic acids is 2. The maximum atomic E-state index is 13.4. The van der Waals surface area contributed by atoms with Crippen molar-refractivity contribution in [3.8, 4) is 11.5 Å². The molecule has 2 aromatic carbocycles.